The number of hydrogen-bond donors (Lipinski definition) is 0. The number of rotatable bonds is 3. The maximum absolute atomic E-state index is 12.2. The molecular weight excluding hydrogens is 230 g/mol. The van der Waals surface area contributed by atoms with E-state index in [1.807, 2.05) is 48.7 Å². The van der Waals surface area contributed by atoms with E-state index in [1.165, 1.54) is 11.3 Å². The predicted octanol–water partition coefficient (Wildman–Crippen LogP) is 3.55. The van der Waals surface area contributed by atoms with Gasteiger partial charge < -0.3 is 0 Å². The van der Waals surface area contributed by atoms with Gasteiger partial charge in [0.05, 0.1) is 10.9 Å². The van der Waals surface area contributed by atoms with E-state index in [0.29, 0.717) is 4.88 Å². The molecule has 0 amide bonds. The lowest BCUT2D eigenvalue weighted by Gasteiger charge is -2.07. The van der Waals surface area contributed by atoms with E-state index < -0.39 is 5.92 Å². The summed E-state index contributed by atoms with van der Waals surface area (Å²) in [5, 5.41) is 11.1. The van der Waals surface area contributed by atoms with Crippen LogP contribution in [0.3, 0.4) is 0 Å². The summed E-state index contributed by atoms with van der Waals surface area (Å²) in [6, 6.07) is 13.2. The molecule has 0 saturated heterocycles. The summed E-state index contributed by atoms with van der Waals surface area (Å²) in [7, 11) is 0. The zero-order valence-corrected chi connectivity index (χ0v) is 10.2. The SMILES string of the molecule is Cc1ccsc1C(=O)C(C#N)c1ccccc1. The molecule has 0 aliphatic heterocycles. The number of nitrogens with zero attached hydrogens (tertiary/aromatic N) is 1. The van der Waals surface area contributed by atoms with Crippen LogP contribution < -0.4 is 0 Å². The van der Waals surface area contributed by atoms with Crippen molar-refractivity contribution in [3.63, 3.8) is 0 Å². The van der Waals surface area contributed by atoms with Gasteiger partial charge in [-0.1, -0.05) is 30.3 Å². The molecule has 2 aromatic rings. The number of aryl methyl sites for hydroxylation is 1. The average Bonchev–Trinajstić information content (AvgIpc) is 2.77. The van der Waals surface area contributed by atoms with Gasteiger partial charge in [-0.2, -0.15) is 5.26 Å². The molecule has 17 heavy (non-hydrogen) atoms. The van der Waals surface area contributed by atoms with Crippen molar-refractivity contribution in [2.45, 2.75) is 12.8 Å². The molecule has 1 unspecified atom stereocenters. The highest BCUT2D eigenvalue weighted by Gasteiger charge is 2.23. The Kier molecular flexibility index (Phi) is 3.36. The summed E-state index contributed by atoms with van der Waals surface area (Å²) < 4.78 is 0. The van der Waals surface area contributed by atoms with Crippen LogP contribution in [0.2, 0.25) is 0 Å². The maximum Gasteiger partial charge on any atom is 0.194 e. The number of ketones is 1. The second kappa shape index (κ2) is 4.94. The molecule has 0 spiro atoms. The van der Waals surface area contributed by atoms with E-state index in [4.69, 9.17) is 0 Å². The molecule has 1 atom stereocenters. The van der Waals surface area contributed by atoms with Gasteiger partial charge in [0.1, 0.15) is 5.92 Å². The number of benzene rings is 1. The Hall–Kier alpha value is -1.92. The highest BCUT2D eigenvalue weighted by molar-refractivity contribution is 7.12. The molecule has 3 heteroatoms. The molecule has 1 aromatic heterocycles. The first-order valence-electron chi connectivity index (χ1n) is 5.27. The number of thiophene rings is 1. The van der Waals surface area contributed by atoms with E-state index in [9.17, 15) is 10.1 Å². The Labute approximate surface area is 104 Å². The van der Waals surface area contributed by atoms with E-state index in [1.54, 1.807) is 0 Å². The summed E-state index contributed by atoms with van der Waals surface area (Å²) in [5.74, 6) is -0.806. The molecular formula is C14H11NOS. The summed E-state index contributed by atoms with van der Waals surface area (Å²) in [6.45, 7) is 1.89. The lowest BCUT2D eigenvalue weighted by Crippen LogP contribution is -2.10. The van der Waals surface area contributed by atoms with Crippen LogP contribution in [0.1, 0.15) is 26.7 Å². The molecule has 84 valence electrons. The molecule has 0 N–H and O–H groups in total. The summed E-state index contributed by atoms with van der Waals surface area (Å²) in [5.41, 5.74) is 1.70. The summed E-state index contributed by atoms with van der Waals surface area (Å²) in [6.07, 6.45) is 0. The minimum Gasteiger partial charge on any atom is -0.291 e. The topological polar surface area (TPSA) is 40.9 Å². The van der Waals surface area contributed by atoms with Crippen molar-refractivity contribution >= 4 is 17.1 Å². The van der Waals surface area contributed by atoms with Gasteiger partial charge in [-0.05, 0) is 29.5 Å². The van der Waals surface area contributed by atoms with Gasteiger partial charge in [0.25, 0.3) is 0 Å². The lowest BCUT2D eigenvalue weighted by molar-refractivity contribution is 0.0982. The molecule has 1 aromatic carbocycles. The fraction of sp³-hybridized carbons (Fsp3) is 0.143. The van der Waals surface area contributed by atoms with Crippen molar-refractivity contribution in [3.05, 3.63) is 57.8 Å². The Morgan fingerprint density at radius 2 is 2.00 bits per heavy atom. The molecule has 0 radical (unpaired) electrons. The van der Waals surface area contributed by atoms with Crippen molar-refractivity contribution in [1.82, 2.24) is 0 Å². The molecule has 1 heterocycles. The maximum atomic E-state index is 12.2. The molecule has 2 rings (SSSR count). The third kappa shape index (κ3) is 2.27. The van der Waals surface area contributed by atoms with Gasteiger partial charge in [-0.15, -0.1) is 11.3 Å². The summed E-state index contributed by atoms with van der Waals surface area (Å²) in [4.78, 5) is 12.9. The first kappa shape index (κ1) is 11.6. The summed E-state index contributed by atoms with van der Waals surface area (Å²) >= 11 is 1.40. The van der Waals surface area contributed by atoms with Crippen LogP contribution >= 0.6 is 11.3 Å². The standard InChI is InChI=1S/C14H11NOS/c1-10-7-8-17-14(10)13(16)12(9-15)11-5-3-2-4-6-11/h2-8,12H,1H3. The van der Waals surface area contributed by atoms with Gasteiger partial charge in [0, 0.05) is 0 Å². The second-order valence-corrected chi connectivity index (χ2v) is 4.69. The van der Waals surface area contributed by atoms with Crippen LogP contribution in [0.15, 0.2) is 41.8 Å². The van der Waals surface area contributed by atoms with Crippen molar-refractivity contribution < 1.29 is 4.79 Å². The van der Waals surface area contributed by atoms with Crippen LogP contribution in [0, 0.1) is 18.3 Å². The Balaban J connectivity index is 2.36. The van der Waals surface area contributed by atoms with E-state index >= 15 is 0 Å². The predicted molar refractivity (Wildman–Crippen MR) is 68.2 cm³/mol. The average molecular weight is 241 g/mol. The number of carbonyl (C=O) groups excluding carboxylic acids is 1. The molecule has 2 nitrogen and oxygen atoms in total. The Morgan fingerprint density at radius 1 is 1.29 bits per heavy atom. The van der Waals surface area contributed by atoms with Crippen molar-refractivity contribution in [1.29, 1.82) is 5.26 Å². The Morgan fingerprint density at radius 3 is 2.53 bits per heavy atom. The quantitative estimate of drug-likeness (QED) is 0.771. The van der Waals surface area contributed by atoms with Gasteiger partial charge in [-0.25, -0.2) is 0 Å². The number of nitriles is 1. The van der Waals surface area contributed by atoms with Crippen LogP contribution in [0.4, 0.5) is 0 Å². The molecule has 0 bridgehead atoms. The number of hydrogen-bond acceptors (Lipinski definition) is 3. The third-order valence-electron chi connectivity index (χ3n) is 2.61. The largest absolute Gasteiger partial charge is 0.291 e. The Bertz CT molecular complexity index is 565. The zero-order chi connectivity index (χ0) is 12.3. The number of carbonyl (C=O) groups is 1. The molecule has 0 aliphatic rings. The molecule has 0 fully saturated rings. The van der Waals surface area contributed by atoms with Crippen LogP contribution in [-0.4, -0.2) is 5.78 Å². The first-order chi connectivity index (χ1) is 8.24. The minimum absolute atomic E-state index is 0.105. The van der Waals surface area contributed by atoms with Crippen LogP contribution in [-0.2, 0) is 0 Å². The number of Topliss-reactive ketones (excluding diaryl/α,β-unsaturated/α-hetero) is 1. The van der Waals surface area contributed by atoms with E-state index in [2.05, 4.69) is 6.07 Å². The van der Waals surface area contributed by atoms with Gasteiger partial charge >= 0.3 is 0 Å². The highest BCUT2D eigenvalue weighted by atomic mass is 32.1. The second-order valence-electron chi connectivity index (χ2n) is 3.77. The van der Waals surface area contributed by atoms with Gasteiger partial charge in [-0.3, -0.25) is 4.79 Å². The monoisotopic (exact) mass is 241 g/mol. The third-order valence-corrected chi connectivity index (χ3v) is 3.64. The fourth-order valence-electron chi connectivity index (χ4n) is 1.69. The van der Waals surface area contributed by atoms with Crippen molar-refractivity contribution in [2.75, 3.05) is 0 Å². The fourth-order valence-corrected chi connectivity index (χ4v) is 2.58. The van der Waals surface area contributed by atoms with Gasteiger partial charge in [0.2, 0.25) is 0 Å². The van der Waals surface area contributed by atoms with Crippen molar-refractivity contribution in [2.24, 2.45) is 0 Å². The van der Waals surface area contributed by atoms with E-state index in [-0.39, 0.29) is 5.78 Å². The minimum atomic E-state index is -0.700. The zero-order valence-electron chi connectivity index (χ0n) is 9.38. The highest BCUT2D eigenvalue weighted by Crippen LogP contribution is 2.25. The molecule has 0 saturated carbocycles. The normalized spacial score (nSPS) is 11.8. The van der Waals surface area contributed by atoms with Crippen LogP contribution in [0.5, 0.6) is 0 Å². The first-order valence-corrected chi connectivity index (χ1v) is 6.15. The van der Waals surface area contributed by atoms with E-state index in [0.717, 1.165) is 11.1 Å². The lowest BCUT2D eigenvalue weighted by atomic mass is 9.94. The van der Waals surface area contributed by atoms with Gasteiger partial charge in [0.15, 0.2) is 5.78 Å². The van der Waals surface area contributed by atoms with Crippen LogP contribution in [0.25, 0.3) is 0 Å². The van der Waals surface area contributed by atoms with Crippen molar-refractivity contribution in [3.8, 4) is 6.07 Å². The molecule has 0 aliphatic carbocycles. The smallest absolute Gasteiger partial charge is 0.194 e.